The first-order chi connectivity index (χ1) is 21.3. The Labute approximate surface area is 255 Å². The number of likely N-dealkylation sites (N-methyl/N-ethyl adjacent to an activating group) is 1. The van der Waals surface area contributed by atoms with Gasteiger partial charge in [0.1, 0.15) is 17.1 Å². The quantitative estimate of drug-likeness (QED) is 0.154. The zero-order valence-corrected chi connectivity index (χ0v) is 25.6. The van der Waals surface area contributed by atoms with Gasteiger partial charge in [-0.25, -0.2) is 9.48 Å². The number of aromatic nitrogens is 2. The van der Waals surface area contributed by atoms with Crippen molar-refractivity contribution in [2.45, 2.75) is 13.3 Å². The number of nitrogen functional groups attached to an aromatic ring is 1. The predicted octanol–water partition coefficient (Wildman–Crippen LogP) is 3.45. The van der Waals surface area contributed by atoms with E-state index in [1.807, 2.05) is 18.2 Å². The number of ether oxygens (including phenoxy) is 5. The highest BCUT2D eigenvalue weighted by molar-refractivity contribution is 6.16. The zero-order valence-electron chi connectivity index (χ0n) is 25.6. The van der Waals surface area contributed by atoms with E-state index in [2.05, 4.69) is 21.9 Å². The van der Waals surface area contributed by atoms with Crippen molar-refractivity contribution in [3.8, 4) is 23.0 Å². The van der Waals surface area contributed by atoms with Crippen molar-refractivity contribution in [1.82, 2.24) is 19.6 Å². The van der Waals surface area contributed by atoms with Crippen LogP contribution in [0.3, 0.4) is 0 Å². The molecule has 1 aromatic heterocycles. The minimum absolute atomic E-state index is 0.105. The average Bonchev–Trinajstić information content (AvgIpc) is 3.43. The van der Waals surface area contributed by atoms with Crippen LogP contribution >= 0.6 is 0 Å². The van der Waals surface area contributed by atoms with Crippen molar-refractivity contribution in [1.29, 1.82) is 0 Å². The molecular formula is C32H37N5O7. The van der Waals surface area contributed by atoms with Gasteiger partial charge in [0, 0.05) is 43.7 Å². The minimum Gasteiger partial charge on any atom is -0.495 e. The summed E-state index contributed by atoms with van der Waals surface area (Å²) in [6.45, 7) is 4.44. The second-order valence-electron chi connectivity index (χ2n) is 10.5. The number of carbonyl (C=O) groups excluding carboxylic acids is 2. The molecule has 12 heteroatoms. The highest BCUT2D eigenvalue weighted by Gasteiger charge is 2.25. The first-order valence-electron chi connectivity index (χ1n) is 14.1. The number of piperazine rings is 1. The molecule has 2 heterocycles. The van der Waals surface area contributed by atoms with Crippen LogP contribution in [0.1, 0.15) is 32.0 Å². The number of nitrogens with two attached hydrogens (primary N) is 1. The molecule has 44 heavy (non-hydrogen) atoms. The van der Waals surface area contributed by atoms with Crippen LogP contribution in [-0.4, -0.2) is 93.0 Å². The van der Waals surface area contributed by atoms with Crippen LogP contribution < -0.4 is 24.7 Å². The number of hydrogen-bond donors (Lipinski definition) is 1. The summed E-state index contributed by atoms with van der Waals surface area (Å²) in [5.74, 6) is 0.463. The fourth-order valence-corrected chi connectivity index (χ4v) is 5.34. The van der Waals surface area contributed by atoms with Gasteiger partial charge in [-0.05, 0) is 49.0 Å². The third-order valence-corrected chi connectivity index (χ3v) is 7.76. The summed E-state index contributed by atoms with van der Waals surface area (Å²) in [7, 11) is 8.04. The molecule has 0 aliphatic carbocycles. The first-order valence-corrected chi connectivity index (χ1v) is 14.1. The number of ketones is 1. The lowest BCUT2D eigenvalue weighted by molar-refractivity contribution is 0.0357. The van der Waals surface area contributed by atoms with E-state index in [-0.39, 0.29) is 23.7 Å². The summed E-state index contributed by atoms with van der Waals surface area (Å²) >= 11 is 0. The van der Waals surface area contributed by atoms with Gasteiger partial charge in [-0.1, -0.05) is 12.1 Å². The van der Waals surface area contributed by atoms with E-state index < -0.39 is 11.8 Å². The molecule has 1 aliphatic heterocycles. The number of carbonyl (C=O) groups is 2. The molecule has 0 bridgehead atoms. The number of methoxy groups -OCH3 is 4. The Kier molecular flexibility index (Phi) is 9.21. The molecule has 2 N–H and O–H groups in total. The van der Waals surface area contributed by atoms with Crippen molar-refractivity contribution in [3.05, 3.63) is 70.9 Å². The number of benzene rings is 3. The SMILES string of the molecule is COc1cc(C(=O)c2nn(COC(=O)c3cccc(CN4CCN(C)CC4)c3)c3c(N)c(OC)ccc23)cc(OC)c1OC. The van der Waals surface area contributed by atoms with E-state index in [9.17, 15) is 9.59 Å². The van der Waals surface area contributed by atoms with Crippen LogP contribution in [0.2, 0.25) is 0 Å². The highest BCUT2D eigenvalue weighted by Crippen LogP contribution is 2.39. The molecule has 12 nitrogen and oxygen atoms in total. The smallest absolute Gasteiger partial charge is 0.339 e. The molecule has 5 rings (SSSR count). The van der Waals surface area contributed by atoms with Crippen molar-refractivity contribution in [2.24, 2.45) is 0 Å². The molecular weight excluding hydrogens is 566 g/mol. The Morgan fingerprint density at radius 3 is 2.16 bits per heavy atom. The van der Waals surface area contributed by atoms with Crippen LogP contribution in [0.15, 0.2) is 48.5 Å². The summed E-state index contributed by atoms with van der Waals surface area (Å²) in [4.78, 5) is 31.7. The number of fused-ring (bicyclic) bond motifs is 1. The number of nitrogens with zero attached hydrogens (tertiary/aromatic N) is 4. The maximum atomic E-state index is 13.8. The standard InChI is InChI=1S/C32H37N5O7/c1-35-11-13-36(14-12-35)18-20-7-6-8-21(15-20)32(39)44-19-37-29-23(9-10-24(40-2)27(29)33)28(34-37)30(38)22-16-25(41-3)31(43-5)26(17-22)42-4/h6-10,15-17H,11-14,18-19,33H2,1-5H3. The second kappa shape index (κ2) is 13.2. The molecule has 1 saturated heterocycles. The van der Waals surface area contributed by atoms with E-state index in [1.165, 1.54) is 33.1 Å². The summed E-state index contributed by atoms with van der Waals surface area (Å²) in [5.41, 5.74) is 8.92. The van der Waals surface area contributed by atoms with E-state index in [0.717, 1.165) is 38.3 Å². The molecule has 232 valence electrons. The van der Waals surface area contributed by atoms with Gasteiger partial charge >= 0.3 is 5.97 Å². The zero-order chi connectivity index (χ0) is 31.4. The van der Waals surface area contributed by atoms with E-state index >= 15 is 0 Å². The topological polar surface area (TPSA) is 131 Å². The Bertz CT molecular complexity index is 1650. The summed E-state index contributed by atoms with van der Waals surface area (Å²) in [6.07, 6.45) is 0. The lowest BCUT2D eigenvalue weighted by atomic mass is 10.0. The highest BCUT2D eigenvalue weighted by atomic mass is 16.5. The van der Waals surface area contributed by atoms with Crippen molar-refractivity contribution in [2.75, 3.05) is 67.4 Å². The van der Waals surface area contributed by atoms with Gasteiger partial charge in [0.2, 0.25) is 11.5 Å². The van der Waals surface area contributed by atoms with Crippen molar-refractivity contribution in [3.63, 3.8) is 0 Å². The number of anilines is 1. The minimum atomic E-state index is -0.521. The molecule has 0 spiro atoms. The molecule has 4 aromatic rings. The summed E-state index contributed by atoms with van der Waals surface area (Å²) in [5, 5.41) is 5.02. The molecule has 1 aliphatic rings. The fraction of sp³-hybridized carbons (Fsp3) is 0.344. The second-order valence-corrected chi connectivity index (χ2v) is 10.5. The average molecular weight is 604 g/mol. The molecule has 0 radical (unpaired) electrons. The lowest BCUT2D eigenvalue weighted by Crippen LogP contribution is -2.43. The van der Waals surface area contributed by atoms with Crippen LogP contribution in [0, 0.1) is 0 Å². The first kappa shape index (κ1) is 30.6. The maximum absolute atomic E-state index is 13.8. The van der Waals surface area contributed by atoms with Crippen LogP contribution in [0.25, 0.3) is 10.9 Å². The fourth-order valence-electron chi connectivity index (χ4n) is 5.34. The predicted molar refractivity (Wildman–Crippen MR) is 165 cm³/mol. The van der Waals surface area contributed by atoms with Crippen LogP contribution in [0.4, 0.5) is 5.69 Å². The Morgan fingerprint density at radius 2 is 1.52 bits per heavy atom. The molecule has 3 aromatic carbocycles. The van der Waals surface area contributed by atoms with Gasteiger partial charge < -0.3 is 34.3 Å². The Morgan fingerprint density at radius 1 is 0.841 bits per heavy atom. The van der Waals surface area contributed by atoms with E-state index in [4.69, 9.17) is 29.4 Å². The van der Waals surface area contributed by atoms with Gasteiger partial charge in [0.25, 0.3) is 0 Å². The Hall–Kier alpha value is -4.81. The number of esters is 1. The van der Waals surface area contributed by atoms with E-state index in [1.54, 1.807) is 30.3 Å². The van der Waals surface area contributed by atoms with Crippen molar-refractivity contribution < 1.29 is 33.3 Å². The Balaban J connectivity index is 1.43. The molecule has 0 saturated carbocycles. The monoisotopic (exact) mass is 603 g/mol. The lowest BCUT2D eigenvalue weighted by Gasteiger charge is -2.32. The molecule has 0 amide bonds. The van der Waals surface area contributed by atoms with Gasteiger partial charge in [0.15, 0.2) is 18.2 Å². The van der Waals surface area contributed by atoms with Crippen LogP contribution in [-0.2, 0) is 18.0 Å². The van der Waals surface area contributed by atoms with Gasteiger partial charge in [-0.3, -0.25) is 9.69 Å². The van der Waals surface area contributed by atoms with Gasteiger partial charge in [0.05, 0.1) is 39.5 Å². The van der Waals surface area contributed by atoms with Crippen LogP contribution in [0.5, 0.6) is 23.0 Å². The third kappa shape index (κ3) is 6.12. The number of rotatable bonds is 11. The number of hydrogen-bond acceptors (Lipinski definition) is 11. The van der Waals surface area contributed by atoms with Crippen molar-refractivity contribution >= 4 is 28.3 Å². The maximum Gasteiger partial charge on any atom is 0.339 e. The molecule has 1 fully saturated rings. The van der Waals surface area contributed by atoms with E-state index in [0.29, 0.717) is 39.5 Å². The molecule has 0 atom stereocenters. The molecule has 0 unspecified atom stereocenters. The third-order valence-electron chi connectivity index (χ3n) is 7.76. The summed E-state index contributed by atoms with van der Waals surface area (Å²) in [6, 6.07) is 13.9. The summed E-state index contributed by atoms with van der Waals surface area (Å²) < 4.78 is 28.7. The normalized spacial score (nSPS) is 13.9. The largest absolute Gasteiger partial charge is 0.495 e. The van der Waals surface area contributed by atoms with Gasteiger partial charge in [-0.2, -0.15) is 5.10 Å². The van der Waals surface area contributed by atoms with Gasteiger partial charge in [-0.15, -0.1) is 0 Å².